The van der Waals surface area contributed by atoms with Crippen LogP contribution < -0.4 is 20.7 Å². The molecule has 0 spiro atoms. The molecule has 0 saturated heterocycles. The summed E-state index contributed by atoms with van der Waals surface area (Å²) in [5, 5.41) is 8.14. The zero-order valence-electron chi connectivity index (χ0n) is 17.6. The Balaban J connectivity index is 1.54. The summed E-state index contributed by atoms with van der Waals surface area (Å²) in [6.45, 7) is 2.17. The highest BCUT2D eigenvalue weighted by Gasteiger charge is 2.07. The molecule has 7 nitrogen and oxygen atoms in total. The van der Waals surface area contributed by atoms with Crippen molar-refractivity contribution in [1.82, 2.24) is 10.3 Å². The van der Waals surface area contributed by atoms with Crippen LogP contribution in [0.3, 0.4) is 0 Å². The molecule has 3 rings (SSSR count). The second-order valence-corrected chi connectivity index (χ2v) is 6.96. The van der Waals surface area contributed by atoms with Gasteiger partial charge in [-0.15, -0.1) is 0 Å². The standard InChI is InChI=1S/C24H26N4O3/c1-3-4-5-17-6-8-18(9-7-17)27-24(30)28-19-10-12-20(13-11-19)31-21-14-15-26-22(16-21)23(29)25-2/h6-16H,3-5H2,1-2H3,(H,25,29)(H2,27,28,30). The molecule has 3 amide bonds. The molecular weight excluding hydrogens is 392 g/mol. The van der Waals surface area contributed by atoms with Gasteiger partial charge in [-0.25, -0.2) is 4.79 Å². The van der Waals surface area contributed by atoms with Gasteiger partial charge in [-0.05, 0) is 60.9 Å². The fourth-order valence-electron chi connectivity index (χ4n) is 2.90. The lowest BCUT2D eigenvalue weighted by atomic mass is 10.1. The Morgan fingerprint density at radius 2 is 1.55 bits per heavy atom. The third-order valence-electron chi connectivity index (χ3n) is 4.57. The molecule has 1 aromatic heterocycles. The van der Waals surface area contributed by atoms with E-state index >= 15 is 0 Å². The first-order valence-corrected chi connectivity index (χ1v) is 10.2. The van der Waals surface area contributed by atoms with Crippen molar-refractivity contribution < 1.29 is 14.3 Å². The normalized spacial score (nSPS) is 10.3. The molecule has 0 saturated carbocycles. The molecule has 0 radical (unpaired) electrons. The number of carbonyl (C=O) groups is 2. The third kappa shape index (κ3) is 6.57. The first kappa shape index (κ1) is 21.8. The van der Waals surface area contributed by atoms with Crippen LogP contribution in [0.1, 0.15) is 35.8 Å². The zero-order chi connectivity index (χ0) is 22.1. The lowest BCUT2D eigenvalue weighted by Crippen LogP contribution is -2.19. The summed E-state index contributed by atoms with van der Waals surface area (Å²) in [5.74, 6) is 0.781. The summed E-state index contributed by atoms with van der Waals surface area (Å²) >= 11 is 0. The van der Waals surface area contributed by atoms with E-state index in [4.69, 9.17) is 4.74 Å². The smallest absolute Gasteiger partial charge is 0.323 e. The van der Waals surface area contributed by atoms with Gasteiger partial charge in [-0.3, -0.25) is 9.78 Å². The predicted molar refractivity (Wildman–Crippen MR) is 122 cm³/mol. The highest BCUT2D eigenvalue weighted by Crippen LogP contribution is 2.23. The molecule has 0 unspecified atom stereocenters. The van der Waals surface area contributed by atoms with Crippen molar-refractivity contribution in [1.29, 1.82) is 0 Å². The quantitative estimate of drug-likeness (QED) is 0.468. The SMILES string of the molecule is CCCCc1ccc(NC(=O)Nc2ccc(Oc3ccnc(C(=O)NC)c3)cc2)cc1. The number of rotatable bonds is 8. The summed E-state index contributed by atoms with van der Waals surface area (Å²) in [7, 11) is 1.54. The summed E-state index contributed by atoms with van der Waals surface area (Å²) in [6.07, 6.45) is 4.87. The average Bonchev–Trinajstić information content (AvgIpc) is 2.79. The van der Waals surface area contributed by atoms with E-state index in [9.17, 15) is 9.59 Å². The van der Waals surface area contributed by atoms with E-state index in [1.165, 1.54) is 11.8 Å². The number of ether oxygens (including phenoxy) is 1. The van der Waals surface area contributed by atoms with Crippen LogP contribution in [0.4, 0.5) is 16.2 Å². The molecule has 160 valence electrons. The van der Waals surface area contributed by atoms with Gasteiger partial charge in [0.15, 0.2) is 0 Å². The van der Waals surface area contributed by atoms with Crippen molar-refractivity contribution in [3.8, 4) is 11.5 Å². The first-order valence-electron chi connectivity index (χ1n) is 10.2. The molecule has 1 heterocycles. The van der Waals surface area contributed by atoms with Gasteiger partial charge >= 0.3 is 6.03 Å². The van der Waals surface area contributed by atoms with E-state index in [1.54, 1.807) is 43.4 Å². The van der Waals surface area contributed by atoms with E-state index in [-0.39, 0.29) is 17.6 Å². The van der Waals surface area contributed by atoms with Crippen molar-refractivity contribution in [2.75, 3.05) is 17.7 Å². The molecule has 0 bridgehead atoms. The number of amides is 3. The summed E-state index contributed by atoms with van der Waals surface area (Å²) in [5.41, 5.74) is 2.90. The second-order valence-electron chi connectivity index (χ2n) is 6.96. The summed E-state index contributed by atoms with van der Waals surface area (Å²) in [4.78, 5) is 27.9. The van der Waals surface area contributed by atoms with E-state index in [1.807, 2.05) is 24.3 Å². The number of hydrogen-bond donors (Lipinski definition) is 3. The summed E-state index contributed by atoms with van der Waals surface area (Å²) < 4.78 is 5.76. The number of anilines is 2. The Kier molecular flexibility index (Phi) is 7.59. The number of aryl methyl sites for hydroxylation is 1. The Hall–Kier alpha value is -3.87. The van der Waals surface area contributed by atoms with Gasteiger partial charge in [0, 0.05) is 30.7 Å². The molecule has 7 heteroatoms. The van der Waals surface area contributed by atoms with Gasteiger partial charge in [0.05, 0.1) is 0 Å². The number of unbranched alkanes of at least 4 members (excludes halogenated alkanes) is 1. The number of pyridine rings is 1. The van der Waals surface area contributed by atoms with E-state index < -0.39 is 0 Å². The molecule has 3 aromatic rings. The van der Waals surface area contributed by atoms with Crippen LogP contribution in [-0.4, -0.2) is 24.0 Å². The minimum Gasteiger partial charge on any atom is -0.457 e. The molecule has 0 aliphatic carbocycles. The molecule has 2 aromatic carbocycles. The minimum atomic E-state index is -0.320. The monoisotopic (exact) mass is 418 g/mol. The van der Waals surface area contributed by atoms with E-state index in [0.29, 0.717) is 17.2 Å². The molecule has 0 atom stereocenters. The lowest BCUT2D eigenvalue weighted by molar-refractivity contribution is 0.0958. The molecule has 0 aliphatic rings. The minimum absolute atomic E-state index is 0.272. The number of benzene rings is 2. The number of nitrogens with one attached hydrogen (secondary N) is 3. The third-order valence-corrected chi connectivity index (χ3v) is 4.57. The Bertz CT molecular complexity index is 1020. The first-order chi connectivity index (χ1) is 15.1. The maximum Gasteiger partial charge on any atom is 0.323 e. The largest absolute Gasteiger partial charge is 0.457 e. The predicted octanol–water partition coefficient (Wildman–Crippen LogP) is 5.22. The Labute approximate surface area is 181 Å². The van der Waals surface area contributed by atoms with E-state index in [2.05, 4.69) is 27.9 Å². The topological polar surface area (TPSA) is 92.3 Å². The maximum absolute atomic E-state index is 12.2. The van der Waals surface area contributed by atoms with Crippen LogP contribution in [0.5, 0.6) is 11.5 Å². The van der Waals surface area contributed by atoms with Crippen LogP contribution >= 0.6 is 0 Å². The van der Waals surface area contributed by atoms with Crippen molar-refractivity contribution >= 4 is 23.3 Å². The van der Waals surface area contributed by atoms with E-state index in [0.717, 1.165) is 24.9 Å². The van der Waals surface area contributed by atoms with Crippen molar-refractivity contribution in [3.63, 3.8) is 0 Å². The number of urea groups is 1. The summed E-state index contributed by atoms with van der Waals surface area (Å²) in [6, 6.07) is 17.7. The van der Waals surface area contributed by atoms with Gasteiger partial charge in [0.1, 0.15) is 17.2 Å². The van der Waals surface area contributed by atoms with Crippen molar-refractivity contribution in [3.05, 3.63) is 78.1 Å². The Morgan fingerprint density at radius 3 is 2.16 bits per heavy atom. The van der Waals surface area contributed by atoms with Crippen molar-refractivity contribution in [2.24, 2.45) is 0 Å². The van der Waals surface area contributed by atoms with Crippen LogP contribution in [0.25, 0.3) is 0 Å². The maximum atomic E-state index is 12.2. The highest BCUT2D eigenvalue weighted by molar-refractivity contribution is 5.99. The molecule has 0 aliphatic heterocycles. The fourth-order valence-corrected chi connectivity index (χ4v) is 2.90. The van der Waals surface area contributed by atoms with Gasteiger partial charge in [0.25, 0.3) is 5.91 Å². The molecule has 0 fully saturated rings. The number of nitrogens with zero attached hydrogens (tertiary/aromatic N) is 1. The zero-order valence-corrected chi connectivity index (χ0v) is 17.6. The number of carbonyl (C=O) groups excluding carboxylic acids is 2. The molecule has 3 N–H and O–H groups in total. The van der Waals surface area contributed by atoms with Gasteiger partial charge in [-0.1, -0.05) is 25.5 Å². The lowest BCUT2D eigenvalue weighted by Gasteiger charge is -2.10. The fraction of sp³-hybridized carbons (Fsp3) is 0.208. The van der Waals surface area contributed by atoms with Crippen LogP contribution in [0.15, 0.2) is 66.9 Å². The van der Waals surface area contributed by atoms with Gasteiger partial charge in [0.2, 0.25) is 0 Å². The molecule has 31 heavy (non-hydrogen) atoms. The second kappa shape index (κ2) is 10.8. The number of hydrogen-bond acceptors (Lipinski definition) is 4. The molecular formula is C24H26N4O3. The Morgan fingerprint density at radius 1 is 0.903 bits per heavy atom. The average molecular weight is 418 g/mol. The van der Waals surface area contributed by atoms with Crippen LogP contribution in [0, 0.1) is 0 Å². The van der Waals surface area contributed by atoms with Crippen LogP contribution in [-0.2, 0) is 6.42 Å². The van der Waals surface area contributed by atoms with Crippen LogP contribution in [0.2, 0.25) is 0 Å². The number of aromatic nitrogens is 1. The van der Waals surface area contributed by atoms with Gasteiger partial charge in [-0.2, -0.15) is 0 Å². The van der Waals surface area contributed by atoms with Crippen molar-refractivity contribution in [2.45, 2.75) is 26.2 Å². The highest BCUT2D eigenvalue weighted by atomic mass is 16.5. The van der Waals surface area contributed by atoms with Gasteiger partial charge < -0.3 is 20.7 Å².